The summed E-state index contributed by atoms with van der Waals surface area (Å²) in [4.78, 5) is 15.2. The molecule has 1 amide bonds. The van der Waals surface area contributed by atoms with Crippen LogP contribution in [-0.4, -0.2) is 62.2 Å². The molecule has 0 aromatic heterocycles. The lowest BCUT2D eigenvalue weighted by molar-refractivity contribution is 0.102. The van der Waals surface area contributed by atoms with Gasteiger partial charge in [-0.05, 0) is 42.3 Å². The highest BCUT2D eigenvalue weighted by atomic mass is 35.5. The van der Waals surface area contributed by atoms with Crippen LogP contribution in [0.4, 0.5) is 5.69 Å². The number of amides is 1. The number of nitrogens with one attached hydrogen (secondary N) is 1. The van der Waals surface area contributed by atoms with E-state index in [9.17, 15) is 13.2 Å². The lowest BCUT2D eigenvalue weighted by atomic mass is 10.1. The Kier molecular flexibility index (Phi) is 7.47. The number of anilines is 1. The molecule has 1 N–H and O–H groups in total. The van der Waals surface area contributed by atoms with Gasteiger partial charge in [0.1, 0.15) is 4.90 Å². The number of hydrogen-bond donors (Lipinski definition) is 1. The fourth-order valence-corrected chi connectivity index (χ4v) is 5.60. The van der Waals surface area contributed by atoms with E-state index in [2.05, 4.69) is 16.3 Å². The van der Waals surface area contributed by atoms with Gasteiger partial charge in [-0.3, -0.25) is 9.69 Å². The first-order valence-corrected chi connectivity index (χ1v) is 12.6. The highest BCUT2D eigenvalue weighted by Gasteiger charge is 2.23. The van der Waals surface area contributed by atoms with Crippen molar-refractivity contribution in [3.8, 4) is 0 Å². The second-order valence-electron chi connectivity index (χ2n) is 7.36. The van der Waals surface area contributed by atoms with Crippen LogP contribution in [-0.2, 0) is 16.6 Å². The van der Waals surface area contributed by atoms with E-state index >= 15 is 0 Å². The second-order valence-corrected chi connectivity index (χ2v) is 11.1. The first kappa shape index (κ1) is 23.1. The number of benzene rings is 2. The zero-order chi connectivity index (χ0) is 21.9. The molecule has 0 spiro atoms. The zero-order valence-electron chi connectivity index (χ0n) is 17.3. The summed E-state index contributed by atoms with van der Waals surface area (Å²) in [6, 6.07) is 10.1. The standard InChI is InChI=1S/C21H26ClN3O3S2/c1-15-17(14-25-9-11-29-12-10-25)5-4-6-19(15)23-21(26)16-7-8-18(22)20(13-16)30(27,28)24(2)3/h4-8,13H,9-12,14H2,1-3H3,(H,23,26). The maximum absolute atomic E-state index is 12.9. The first-order chi connectivity index (χ1) is 14.2. The molecule has 2 aromatic rings. The molecule has 2 aromatic carbocycles. The number of thioether (sulfide) groups is 1. The van der Waals surface area contributed by atoms with Crippen molar-refractivity contribution >= 4 is 45.0 Å². The summed E-state index contributed by atoms with van der Waals surface area (Å²) in [5.74, 6) is 1.91. The van der Waals surface area contributed by atoms with Gasteiger partial charge in [-0.2, -0.15) is 11.8 Å². The number of hydrogen-bond acceptors (Lipinski definition) is 5. The molecule has 0 bridgehead atoms. The summed E-state index contributed by atoms with van der Waals surface area (Å²) in [6.07, 6.45) is 0. The zero-order valence-corrected chi connectivity index (χ0v) is 19.7. The summed E-state index contributed by atoms with van der Waals surface area (Å²) >= 11 is 8.06. The monoisotopic (exact) mass is 467 g/mol. The van der Waals surface area contributed by atoms with Gasteiger partial charge in [-0.15, -0.1) is 0 Å². The predicted octanol–water partition coefficient (Wildman–Crippen LogP) is 3.70. The Hall–Kier alpha value is -1.58. The number of sulfonamides is 1. The Morgan fingerprint density at radius 3 is 2.57 bits per heavy atom. The summed E-state index contributed by atoms with van der Waals surface area (Å²) < 4.78 is 26.0. The second kappa shape index (κ2) is 9.70. The minimum Gasteiger partial charge on any atom is -0.322 e. The van der Waals surface area contributed by atoms with E-state index in [1.54, 1.807) is 0 Å². The molecule has 1 saturated heterocycles. The molecule has 0 radical (unpaired) electrons. The van der Waals surface area contributed by atoms with Crippen molar-refractivity contribution in [1.29, 1.82) is 0 Å². The highest BCUT2D eigenvalue weighted by molar-refractivity contribution is 7.99. The molecule has 9 heteroatoms. The van der Waals surface area contributed by atoms with Gasteiger partial charge in [0.05, 0.1) is 5.02 Å². The Bertz CT molecular complexity index is 1040. The average Bonchev–Trinajstić information content (AvgIpc) is 2.71. The van der Waals surface area contributed by atoms with Crippen LogP contribution in [0.5, 0.6) is 0 Å². The molecule has 0 atom stereocenters. The molecule has 30 heavy (non-hydrogen) atoms. The third-order valence-electron chi connectivity index (χ3n) is 5.14. The molecular formula is C21H26ClN3O3S2. The van der Waals surface area contributed by atoms with Crippen LogP contribution in [0.25, 0.3) is 0 Å². The molecule has 0 saturated carbocycles. The summed E-state index contributed by atoms with van der Waals surface area (Å²) in [5, 5.41) is 3.00. The van der Waals surface area contributed by atoms with Gasteiger partial charge >= 0.3 is 0 Å². The molecule has 0 aliphatic carbocycles. The minimum absolute atomic E-state index is 0.0816. The van der Waals surface area contributed by atoms with E-state index in [1.165, 1.54) is 37.9 Å². The highest BCUT2D eigenvalue weighted by Crippen LogP contribution is 2.26. The fourth-order valence-electron chi connectivity index (χ4n) is 3.22. The molecule has 1 aliphatic rings. The first-order valence-electron chi connectivity index (χ1n) is 9.62. The SMILES string of the molecule is Cc1c(CN2CCSCC2)cccc1NC(=O)c1ccc(Cl)c(S(=O)(=O)N(C)C)c1. The van der Waals surface area contributed by atoms with Gasteiger partial charge in [0.15, 0.2) is 0 Å². The van der Waals surface area contributed by atoms with Gasteiger partial charge in [0.2, 0.25) is 10.0 Å². The number of rotatable bonds is 6. The van der Waals surface area contributed by atoms with E-state index in [1.807, 2.05) is 30.8 Å². The van der Waals surface area contributed by atoms with Gasteiger partial charge < -0.3 is 5.32 Å². The maximum Gasteiger partial charge on any atom is 0.255 e. The molecule has 6 nitrogen and oxygen atoms in total. The quantitative estimate of drug-likeness (QED) is 0.701. The van der Waals surface area contributed by atoms with Crippen molar-refractivity contribution < 1.29 is 13.2 Å². The predicted molar refractivity (Wildman–Crippen MR) is 124 cm³/mol. The van der Waals surface area contributed by atoms with Crippen LogP contribution >= 0.6 is 23.4 Å². The van der Waals surface area contributed by atoms with Crippen LogP contribution in [0.2, 0.25) is 5.02 Å². The minimum atomic E-state index is -3.75. The Balaban J connectivity index is 1.82. The van der Waals surface area contributed by atoms with Gasteiger partial charge in [0, 0.05) is 56.5 Å². The number of halogens is 1. The van der Waals surface area contributed by atoms with Crippen molar-refractivity contribution in [2.24, 2.45) is 0 Å². The number of nitrogens with zero attached hydrogens (tertiary/aromatic N) is 2. The van der Waals surface area contributed by atoms with Crippen molar-refractivity contribution in [1.82, 2.24) is 9.21 Å². The van der Waals surface area contributed by atoms with Crippen molar-refractivity contribution in [3.63, 3.8) is 0 Å². The normalized spacial score (nSPS) is 15.4. The van der Waals surface area contributed by atoms with Crippen molar-refractivity contribution in [2.75, 3.05) is 44.0 Å². The van der Waals surface area contributed by atoms with E-state index in [4.69, 9.17) is 11.6 Å². The van der Waals surface area contributed by atoms with Crippen molar-refractivity contribution in [2.45, 2.75) is 18.4 Å². The van der Waals surface area contributed by atoms with E-state index in [-0.39, 0.29) is 21.4 Å². The van der Waals surface area contributed by atoms with Crippen LogP contribution < -0.4 is 5.32 Å². The lowest BCUT2D eigenvalue weighted by Gasteiger charge is -2.27. The van der Waals surface area contributed by atoms with Gasteiger partial charge in [-0.1, -0.05) is 23.7 Å². The van der Waals surface area contributed by atoms with Crippen molar-refractivity contribution in [3.05, 3.63) is 58.1 Å². The third-order valence-corrected chi connectivity index (χ3v) is 8.38. The van der Waals surface area contributed by atoms with E-state index in [0.717, 1.165) is 46.7 Å². The molecule has 1 aliphatic heterocycles. The number of carbonyl (C=O) groups excluding carboxylic acids is 1. The fraction of sp³-hybridized carbons (Fsp3) is 0.381. The largest absolute Gasteiger partial charge is 0.322 e. The summed E-state index contributed by atoms with van der Waals surface area (Å²) in [7, 11) is -0.904. The third kappa shape index (κ3) is 5.18. The summed E-state index contributed by atoms with van der Waals surface area (Å²) in [5.41, 5.74) is 3.14. The Morgan fingerprint density at radius 2 is 1.90 bits per heavy atom. The van der Waals surface area contributed by atoms with Gasteiger partial charge in [0.25, 0.3) is 5.91 Å². The molecule has 0 unspecified atom stereocenters. The molecule has 3 rings (SSSR count). The summed E-state index contributed by atoms with van der Waals surface area (Å²) in [6.45, 7) is 4.97. The average molecular weight is 468 g/mol. The molecule has 162 valence electrons. The van der Waals surface area contributed by atoms with Gasteiger partial charge in [-0.25, -0.2) is 12.7 Å². The van der Waals surface area contributed by atoms with Crippen LogP contribution in [0.3, 0.4) is 0 Å². The van der Waals surface area contributed by atoms with E-state index < -0.39 is 10.0 Å². The van der Waals surface area contributed by atoms with Crippen LogP contribution in [0, 0.1) is 6.92 Å². The Morgan fingerprint density at radius 1 is 1.20 bits per heavy atom. The lowest BCUT2D eigenvalue weighted by Crippen LogP contribution is -2.32. The topological polar surface area (TPSA) is 69.7 Å². The smallest absolute Gasteiger partial charge is 0.255 e. The Labute approximate surface area is 187 Å². The van der Waals surface area contributed by atoms with E-state index in [0.29, 0.717) is 0 Å². The maximum atomic E-state index is 12.9. The van der Waals surface area contributed by atoms with Crippen LogP contribution in [0.15, 0.2) is 41.3 Å². The molecular weight excluding hydrogens is 442 g/mol. The molecule has 1 fully saturated rings. The van der Waals surface area contributed by atoms with Crippen LogP contribution in [0.1, 0.15) is 21.5 Å². The molecule has 1 heterocycles. The number of carbonyl (C=O) groups is 1.